The monoisotopic (exact) mass is 342 g/mol. The number of nitrogens with one attached hydrogen (secondary N) is 2. The molecule has 1 saturated heterocycles. The fraction of sp³-hybridized carbons (Fsp3) is 0.278. The van der Waals surface area contributed by atoms with Gasteiger partial charge >= 0.3 is 12.0 Å². The van der Waals surface area contributed by atoms with Crippen LogP contribution in [0.5, 0.6) is 5.75 Å². The molecule has 0 spiro atoms. The molecule has 1 aromatic carbocycles. The number of benzene rings is 1. The normalized spacial score (nSPS) is 16.5. The molecule has 0 saturated carbocycles. The third kappa shape index (κ3) is 3.71. The lowest BCUT2D eigenvalue weighted by molar-refractivity contribution is -0.120. The van der Waals surface area contributed by atoms with E-state index in [0.717, 1.165) is 16.9 Å². The van der Waals surface area contributed by atoms with Gasteiger partial charge in [-0.15, -0.1) is 0 Å². The zero-order valence-electron chi connectivity index (χ0n) is 13.9. The molecular weight excluding hydrogens is 324 g/mol. The van der Waals surface area contributed by atoms with Crippen molar-refractivity contribution in [2.75, 3.05) is 0 Å². The van der Waals surface area contributed by atoms with E-state index < -0.39 is 18.0 Å². The maximum Gasteiger partial charge on any atom is 0.379 e. The van der Waals surface area contributed by atoms with Gasteiger partial charge in [0.05, 0.1) is 0 Å². The Bertz CT molecular complexity index is 822. The van der Waals surface area contributed by atoms with Crippen LogP contribution in [0.2, 0.25) is 0 Å². The average Bonchev–Trinajstić information content (AvgIpc) is 3.11. The summed E-state index contributed by atoms with van der Waals surface area (Å²) in [5.41, 5.74) is 1.58. The van der Waals surface area contributed by atoms with E-state index in [9.17, 15) is 14.4 Å². The number of amides is 3. The summed E-state index contributed by atoms with van der Waals surface area (Å²) < 4.78 is 10.8. The highest BCUT2D eigenvalue weighted by molar-refractivity contribution is 6.04. The van der Waals surface area contributed by atoms with Crippen molar-refractivity contribution in [1.82, 2.24) is 10.6 Å². The smallest absolute Gasteiger partial charge is 0.379 e. The standard InChI is InChI=1S/C18H18N2O5/c1-3-12-8-10(2)15(24-12)17(22)25-13-6-4-11(5-7-13)9-14-16(21)20-18(23)19-14/h4-8,14H,3,9H2,1-2H3,(H2,19,20,21,23). The molecule has 1 fully saturated rings. The molecule has 7 nitrogen and oxygen atoms in total. The van der Waals surface area contributed by atoms with Crippen LogP contribution in [0.25, 0.3) is 0 Å². The van der Waals surface area contributed by atoms with Crippen molar-refractivity contribution < 1.29 is 23.5 Å². The number of aryl methyl sites for hydroxylation is 2. The summed E-state index contributed by atoms with van der Waals surface area (Å²) in [5.74, 6) is 0.415. The summed E-state index contributed by atoms with van der Waals surface area (Å²) in [6.07, 6.45) is 1.07. The molecule has 130 valence electrons. The largest absolute Gasteiger partial charge is 0.454 e. The Morgan fingerprint density at radius 3 is 2.52 bits per heavy atom. The van der Waals surface area contributed by atoms with Gasteiger partial charge in [-0.2, -0.15) is 0 Å². The van der Waals surface area contributed by atoms with Crippen LogP contribution in [0.3, 0.4) is 0 Å². The lowest BCUT2D eigenvalue weighted by Crippen LogP contribution is -2.31. The third-order valence-corrected chi connectivity index (χ3v) is 3.93. The molecule has 1 aliphatic rings. The molecule has 3 rings (SSSR count). The van der Waals surface area contributed by atoms with E-state index in [0.29, 0.717) is 18.6 Å². The second-order valence-electron chi connectivity index (χ2n) is 5.83. The number of urea groups is 1. The predicted molar refractivity (Wildman–Crippen MR) is 88.4 cm³/mol. The fourth-order valence-corrected chi connectivity index (χ4v) is 2.61. The fourth-order valence-electron chi connectivity index (χ4n) is 2.61. The number of hydrogen-bond acceptors (Lipinski definition) is 5. The number of ether oxygens (including phenoxy) is 1. The Morgan fingerprint density at radius 2 is 1.96 bits per heavy atom. The van der Waals surface area contributed by atoms with E-state index >= 15 is 0 Å². The Labute approximate surface area is 144 Å². The van der Waals surface area contributed by atoms with Gasteiger partial charge < -0.3 is 14.5 Å². The van der Waals surface area contributed by atoms with Crippen molar-refractivity contribution >= 4 is 17.9 Å². The highest BCUT2D eigenvalue weighted by atomic mass is 16.5. The average molecular weight is 342 g/mol. The first kappa shape index (κ1) is 16.8. The molecule has 2 N–H and O–H groups in total. The number of carbonyl (C=O) groups excluding carboxylic acids is 3. The lowest BCUT2D eigenvalue weighted by Gasteiger charge is -2.08. The van der Waals surface area contributed by atoms with Crippen LogP contribution in [0, 0.1) is 6.92 Å². The highest BCUT2D eigenvalue weighted by Gasteiger charge is 2.29. The van der Waals surface area contributed by atoms with Crippen molar-refractivity contribution in [2.24, 2.45) is 0 Å². The minimum Gasteiger partial charge on any atom is -0.454 e. The summed E-state index contributed by atoms with van der Waals surface area (Å²) in [4.78, 5) is 34.8. The number of esters is 1. The van der Waals surface area contributed by atoms with Crippen LogP contribution in [0.4, 0.5) is 4.79 Å². The van der Waals surface area contributed by atoms with Gasteiger partial charge in [0, 0.05) is 18.4 Å². The second kappa shape index (κ2) is 6.80. The Kier molecular flexibility index (Phi) is 4.56. The molecular formula is C18H18N2O5. The Hall–Kier alpha value is -3.09. The number of furan rings is 1. The zero-order valence-corrected chi connectivity index (χ0v) is 13.9. The van der Waals surface area contributed by atoms with Gasteiger partial charge in [0.2, 0.25) is 5.76 Å². The summed E-state index contributed by atoms with van der Waals surface area (Å²) in [6.45, 7) is 3.74. The lowest BCUT2D eigenvalue weighted by atomic mass is 10.1. The molecule has 0 aliphatic carbocycles. The van der Waals surface area contributed by atoms with Crippen LogP contribution >= 0.6 is 0 Å². The van der Waals surface area contributed by atoms with Crippen molar-refractivity contribution in [1.29, 1.82) is 0 Å². The van der Waals surface area contributed by atoms with Crippen LogP contribution in [-0.2, 0) is 17.6 Å². The first-order valence-corrected chi connectivity index (χ1v) is 7.98. The Morgan fingerprint density at radius 1 is 1.24 bits per heavy atom. The first-order chi connectivity index (χ1) is 12.0. The second-order valence-corrected chi connectivity index (χ2v) is 5.83. The van der Waals surface area contributed by atoms with Gasteiger partial charge in [0.25, 0.3) is 5.91 Å². The molecule has 2 aromatic rings. The van der Waals surface area contributed by atoms with Crippen LogP contribution < -0.4 is 15.4 Å². The SMILES string of the molecule is CCc1cc(C)c(C(=O)Oc2ccc(CC3NC(=O)NC3=O)cc2)o1. The number of hydrogen-bond donors (Lipinski definition) is 2. The molecule has 25 heavy (non-hydrogen) atoms. The topological polar surface area (TPSA) is 97.6 Å². The quantitative estimate of drug-likeness (QED) is 0.493. The number of carbonyl (C=O) groups is 3. The minimum atomic E-state index is -0.584. The van der Waals surface area contributed by atoms with Gasteiger partial charge in [-0.3, -0.25) is 10.1 Å². The van der Waals surface area contributed by atoms with Crippen molar-refractivity contribution in [2.45, 2.75) is 32.7 Å². The molecule has 3 amide bonds. The molecule has 7 heteroatoms. The minimum absolute atomic E-state index is 0.200. The summed E-state index contributed by atoms with van der Waals surface area (Å²) >= 11 is 0. The molecule has 1 unspecified atom stereocenters. The van der Waals surface area contributed by atoms with Gasteiger partial charge in [-0.05, 0) is 30.7 Å². The summed E-state index contributed by atoms with van der Waals surface area (Å²) in [5, 5.41) is 4.72. The molecule has 1 aromatic heterocycles. The van der Waals surface area contributed by atoms with E-state index in [1.54, 1.807) is 31.2 Å². The molecule has 1 aliphatic heterocycles. The van der Waals surface area contributed by atoms with E-state index in [1.807, 2.05) is 13.0 Å². The van der Waals surface area contributed by atoms with Gasteiger partial charge in [0.1, 0.15) is 17.6 Å². The molecule has 1 atom stereocenters. The van der Waals surface area contributed by atoms with E-state index in [2.05, 4.69) is 10.6 Å². The van der Waals surface area contributed by atoms with Crippen LogP contribution in [0.1, 0.15) is 34.4 Å². The van der Waals surface area contributed by atoms with E-state index in [1.165, 1.54) is 0 Å². The first-order valence-electron chi connectivity index (χ1n) is 7.98. The van der Waals surface area contributed by atoms with E-state index in [4.69, 9.17) is 9.15 Å². The zero-order chi connectivity index (χ0) is 18.0. The maximum atomic E-state index is 12.2. The number of rotatable bonds is 5. The molecule has 0 bridgehead atoms. The van der Waals surface area contributed by atoms with Crippen molar-refractivity contribution in [3.63, 3.8) is 0 Å². The summed E-state index contributed by atoms with van der Waals surface area (Å²) in [6, 6.07) is 7.52. The van der Waals surface area contributed by atoms with Crippen molar-refractivity contribution in [3.8, 4) is 5.75 Å². The molecule has 0 radical (unpaired) electrons. The van der Waals surface area contributed by atoms with Gasteiger partial charge in [-0.1, -0.05) is 19.1 Å². The maximum absolute atomic E-state index is 12.2. The van der Waals surface area contributed by atoms with Gasteiger partial charge in [-0.25, -0.2) is 9.59 Å². The highest BCUT2D eigenvalue weighted by Crippen LogP contribution is 2.19. The van der Waals surface area contributed by atoms with E-state index in [-0.39, 0.29) is 11.7 Å². The predicted octanol–water partition coefficient (Wildman–Crippen LogP) is 2.12. The molecule has 2 heterocycles. The van der Waals surface area contributed by atoms with Crippen LogP contribution in [-0.4, -0.2) is 23.9 Å². The Balaban J connectivity index is 1.64. The number of imide groups is 1. The van der Waals surface area contributed by atoms with Crippen LogP contribution in [0.15, 0.2) is 34.7 Å². The summed E-state index contributed by atoms with van der Waals surface area (Å²) in [7, 11) is 0. The third-order valence-electron chi connectivity index (χ3n) is 3.93. The van der Waals surface area contributed by atoms with Gasteiger partial charge in [0.15, 0.2) is 0 Å². The van der Waals surface area contributed by atoms with Crippen molar-refractivity contribution in [3.05, 3.63) is 53.0 Å².